The number of aromatic amines is 1. The number of fused-ring (bicyclic) bond motifs is 3. The summed E-state index contributed by atoms with van der Waals surface area (Å²) >= 11 is 0. The molecule has 1 aliphatic carbocycles. The number of nitrogens with one attached hydrogen (secondary N) is 2. The van der Waals surface area contributed by atoms with Crippen LogP contribution in [0.15, 0.2) is 67.3 Å². The molecule has 8 heteroatoms. The summed E-state index contributed by atoms with van der Waals surface area (Å²) in [7, 11) is 1.28. The number of ether oxygens (including phenoxy) is 1. The van der Waals surface area contributed by atoms with Crippen molar-refractivity contribution in [2.45, 2.75) is 90.1 Å². The molecule has 1 aromatic heterocycles. The summed E-state index contributed by atoms with van der Waals surface area (Å²) in [6.45, 7) is 21.4. The van der Waals surface area contributed by atoms with Crippen molar-refractivity contribution in [2.24, 2.45) is 11.8 Å². The van der Waals surface area contributed by atoms with E-state index in [0.717, 1.165) is 33.6 Å². The number of methoxy groups -OCH3 is 1. The van der Waals surface area contributed by atoms with Gasteiger partial charge in [0.1, 0.15) is 5.82 Å². The van der Waals surface area contributed by atoms with Crippen LogP contribution in [0.25, 0.3) is 22.0 Å². The van der Waals surface area contributed by atoms with Crippen molar-refractivity contribution in [2.75, 3.05) is 7.11 Å². The maximum absolute atomic E-state index is 6.28. The lowest BCUT2D eigenvalue weighted by molar-refractivity contribution is 0.00578. The second-order valence-electron chi connectivity index (χ2n) is 13.7. The maximum atomic E-state index is 6.28. The normalized spacial score (nSPS) is 24.9. The van der Waals surface area contributed by atoms with E-state index in [4.69, 9.17) is 19.0 Å². The molecular weight excluding hydrogens is 523 g/mol. The molecular formula is C34H45BN4O3. The molecule has 0 unspecified atom stereocenters. The van der Waals surface area contributed by atoms with Gasteiger partial charge < -0.3 is 29.2 Å². The van der Waals surface area contributed by atoms with Crippen LogP contribution in [0.2, 0.25) is 0 Å². The average Bonchev–Trinajstić information content (AvgIpc) is 3.73. The number of hydrogen-bond acceptors (Lipinski definition) is 6. The Kier molecular flexibility index (Phi) is 7.21. The molecule has 2 aliphatic heterocycles. The summed E-state index contributed by atoms with van der Waals surface area (Å²) in [6.07, 6.45) is 5.58. The van der Waals surface area contributed by atoms with Gasteiger partial charge in [-0.1, -0.05) is 50.8 Å². The lowest BCUT2D eigenvalue weighted by Gasteiger charge is -2.41. The lowest BCUT2D eigenvalue weighted by atomic mass is 9.78. The second-order valence-corrected chi connectivity index (χ2v) is 13.7. The Bertz CT molecular complexity index is 1500. The number of likely N-dealkylation sites (tertiary alicyclic amines) is 1. The van der Waals surface area contributed by atoms with Crippen LogP contribution in [-0.4, -0.2) is 52.4 Å². The fraction of sp³-hybridized carbons (Fsp3) is 0.500. The van der Waals surface area contributed by atoms with E-state index in [-0.39, 0.29) is 30.4 Å². The highest BCUT2D eigenvalue weighted by Gasteiger charge is 2.52. The van der Waals surface area contributed by atoms with Gasteiger partial charge in [-0.05, 0) is 87.7 Å². The van der Waals surface area contributed by atoms with Gasteiger partial charge in [0.2, 0.25) is 0 Å². The number of imidazole rings is 1. The maximum Gasteiger partial charge on any atom is 0.494 e. The van der Waals surface area contributed by atoms with Crippen molar-refractivity contribution >= 4 is 23.4 Å². The minimum absolute atomic E-state index is 0.0382. The average molecular weight is 569 g/mol. The van der Waals surface area contributed by atoms with Crippen LogP contribution in [0.3, 0.4) is 0 Å². The zero-order valence-electron chi connectivity index (χ0n) is 26.2. The van der Waals surface area contributed by atoms with Crippen LogP contribution in [0.1, 0.15) is 72.7 Å². The van der Waals surface area contributed by atoms with Gasteiger partial charge in [-0.15, -0.1) is 0 Å². The molecule has 6 rings (SSSR count). The molecule has 7 nitrogen and oxygen atoms in total. The first-order chi connectivity index (χ1) is 19.9. The van der Waals surface area contributed by atoms with E-state index in [1.807, 2.05) is 6.20 Å². The van der Waals surface area contributed by atoms with Crippen LogP contribution in [-0.2, 0) is 14.0 Å². The number of H-pyrrole nitrogens is 1. The summed E-state index contributed by atoms with van der Waals surface area (Å²) in [5.74, 6) is 2.48. The fourth-order valence-corrected chi connectivity index (χ4v) is 6.97. The summed E-state index contributed by atoms with van der Waals surface area (Å²) in [5.41, 5.74) is 3.55. The molecule has 0 amide bonds. The van der Waals surface area contributed by atoms with Crippen LogP contribution in [0, 0.1) is 11.8 Å². The number of rotatable bonds is 9. The topological polar surface area (TPSA) is 71.6 Å². The molecule has 42 heavy (non-hydrogen) atoms. The van der Waals surface area contributed by atoms with Crippen molar-refractivity contribution in [3.8, 4) is 11.3 Å². The van der Waals surface area contributed by atoms with Gasteiger partial charge in [-0.2, -0.15) is 0 Å². The minimum Gasteiger partial charge on any atom is -0.483 e. The van der Waals surface area contributed by atoms with Gasteiger partial charge >= 0.3 is 7.12 Å². The van der Waals surface area contributed by atoms with Gasteiger partial charge in [0.25, 0.3) is 0 Å². The van der Waals surface area contributed by atoms with E-state index in [1.165, 1.54) is 24.6 Å². The van der Waals surface area contributed by atoms with Crippen molar-refractivity contribution in [1.29, 1.82) is 0 Å². The van der Waals surface area contributed by atoms with Gasteiger partial charge in [0.15, 0.2) is 5.88 Å². The molecule has 4 atom stereocenters. The Morgan fingerprint density at radius 3 is 2.45 bits per heavy atom. The standard InChI is InChI=1S/C34H45BN4O3/c1-20(2)30(37-22(4)40-9)21(3)39-28-15-13-26(18-28)31(39)32-36-19-29(38-32)25-11-10-24-17-27(14-12-23(24)16-25)35-41-33(5,6)34(7,8)42-35/h10-12,14,16-17,19-20,26,28,30-31,37H,3-4,13,15,18H2,1-2,5-9H3,(H,36,38)/t26-,28+,30-,31-/m0/s1. The summed E-state index contributed by atoms with van der Waals surface area (Å²) < 4.78 is 17.9. The molecule has 0 spiro atoms. The Hall–Kier alpha value is -3.23. The highest BCUT2D eigenvalue weighted by molar-refractivity contribution is 6.62. The van der Waals surface area contributed by atoms with Gasteiger partial charge in [-0.25, -0.2) is 4.98 Å². The third-order valence-electron chi connectivity index (χ3n) is 10.1. The largest absolute Gasteiger partial charge is 0.494 e. The molecule has 1 saturated carbocycles. The molecule has 222 valence electrons. The molecule has 3 aliphatic rings. The molecule has 2 aromatic carbocycles. The lowest BCUT2D eigenvalue weighted by Crippen LogP contribution is -2.45. The van der Waals surface area contributed by atoms with Crippen LogP contribution in [0.5, 0.6) is 0 Å². The molecule has 0 radical (unpaired) electrons. The van der Waals surface area contributed by atoms with Crippen LogP contribution < -0.4 is 10.8 Å². The first kappa shape index (κ1) is 28.9. The van der Waals surface area contributed by atoms with E-state index in [0.29, 0.717) is 23.8 Å². The smallest absolute Gasteiger partial charge is 0.483 e. The zero-order chi connectivity index (χ0) is 30.0. The Morgan fingerprint density at radius 2 is 1.76 bits per heavy atom. The van der Waals surface area contributed by atoms with E-state index < -0.39 is 0 Å². The summed E-state index contributed by atoms with van der Waals surface area (Å²) in [6, 6.07) is 13.7. The van der Waals surface area contributed by atoms with E-state index >= 15 is 0 Å². The Balaban J connectivity index is 1.24. The molecule has 3 heterocycles. The Morgan fingerprint density at radius 1 is 1.07 bits per heavy atom. The van der Waals surface area contributed by atoms with Gasteiger partial charge in [0.05, 0.1) is 42.3 Å². The third-order valence-corrected chi connectivity index (χ3v) is 10.1. The predicted molar refractivity (Wildman–Crippen MR) is 170 cm³/mol. The van der Waals surface area contributed by atoms with Gasteiger partial charge in [-0.3, -0.25) is 0 Å². The summed E-state index contributed by atoms with van der Waals surface area (Å²) in [4.78, 5) is 11.2. The molecule has 3 fully saturated rings. The number of nitrogens with zero attached hydrogens (tertiary/aromatic N) is 2. The highest BCUT2D eigenvalue weighted by atomic mass is 16.7. The van der Waals surface area contributed by atoms with E-state index in [2.05, 4.69) is 106 Å². The molecule has 2 bridgehead atoms. The van der Waals surface area contributed by atoms with Crippen molar-refractivity contribution in [1.82, 2.24) is 20.2 Å². The molecule has 2 N–H and O–H groups in total. The predicted octanol–water partition coefficient (Wildman–Crippen LogP) is 6.30. The summed E-state index contributed by atoms with van der Waals surface area (Å²) in [5, 5.41) is 5.78. The first-order valence-corrected chi connectivity index (χ1v) is 15.3. The monoisotopic (exact) mass is 568 g/mol. The van der Waals surface area contributed by atoms with Crippen molar-refractivity contribution in [3.05, 3.63) is 73.2 Å². The van der Waals surface area contributed by atoms with E-state index in [1.54, 1.807) is 7.11 Å². The molecule has 3 aromatic rings. The highest BCUT2D eigenvalue weighted by Crippen LogP contribution is 2.52. The van der Waals surface area contributed by atoms with Crippen molar-refractivity contribution in [3.63, 3.8) is 0 Å². The minimum atomic E-state index is -0.369. The number of piperidine rings is 1. The molecule has 2 saturated heterocycles. The number of aromatic nitrogens is 2. The fourth-order valence-electron chi connectivity index (χ4n) is 6.97. The third kappa shape index (κ3) is 4.92. The van der Waals surface area contributed by atoms with Gasteiger partial charge in [0, 0.05) is 17.3 Å². The van der Waals surface area contributed by atoms with E-state index in [9.17, 15) is 0 Å². The zero-order valence-corrected chi connectivity index (χ0v) is 26.2. The van der Waals surface area contributed by atoms with Crippen molar-refractivity contribution < 1.29 is 14.0 Å². The number of hydrogen-bond donors (Lipinski definition) is 2. The first-order valence-electron chi connectivity index (χ1n) is 15.3. The van der Waals surface area contributed by atoms with Crippen LogP contribution >= 0.6 is 0 Å². The SMILES string of the molecule is C=C(N[C@H](C(=C)N1[C@@H]2CC[C@@H](C2)[C@H]1c1ncc(-c2ccc3cc(B4OC(C)(C)C(C)(C)O4)ccc3c2)[nH]1)C(C)C)OC. The quantitative estimate of drug-likeness (QED) is 0.233. The van der Waals surface area contributed by atoms with Crippen LogP contribution in [0.4, 0.5) is 0 Å². The Labute approximate surface area is 250 Å². The number of benzene rings is 2. The second kappa shape index (κ2) is 10.5.